The number of amides is 1. The van der Waals surface area contributed by atoms with Crippen molar-refractivity contribution in [2.75, 3.05) is 19.6 Å². The van der Waals surface area contributed by atoms with Crippen molar-refractivity contribution in [3.05, 3.63) is 53.7 Å². The molecule has 2 N–H and O–H groups in total. The number of rotatable bonds is 4. The minimum absolute atomic E-state index is 0.0851. The Morgan fingerprint density at radius 2 is 2.14 bits per heavy atom. The Hall–Kier alpha value is -3.26. The molecule has 5 rings (SSSR count). The van der Waals surface area contributed by atoms with Gasteiger partial charge < -0.3 is 15.1 Å². The van der Waals surface area contributed by atoms with E-state index in [0.717, 1.165) is 39.8 Å². The van der Waals surface area contributed by atoms with Gasteiger partial charge in [-0.1, -0.05) is 11.6 Å². The molecule has 0 aliphatic carbocycles. The number of hydrogen-bond donors (Lipinski definition) is 1. The molecule has 1 aliphatic heterocycles. The largest absolute Gasteiger partial charge is 0.451 e. The molecular weight excluding hydrogens is 368 g/mol. The average molecular weight is 390 g/mol. The summed E-state index contributed by atoms with van der Waals surface area (Å²) in [7, 11) is 0. The second-order valence-corrected chi connectivity index (χ2v) is 7.51. The van der Waals surface area contributed by atoms with Gasteiger partial charge in [-0.05, 0) is 31.5 Å². The van der Waals surface area contributed by atoms with Crippen LogP contribution in [-0.2, 0) is 6.54 Å². The first kappa shape index (κ1) is 17.8. The van der Waals surface area contributed by atoms with Crippen LogP contribution in [0.1, 0.15) is 34.2 Å². The third-order valence-electron chi connectivity index (χ3n) is 5.48. The van der Waals surface area contributed by atoms with Crippen LogP contribution in [0.5, 0.6) is 0 Å². The molecule has 29 heavy (non-hydrogen) atoms. The summed E-state index contributed by atoms with van der Waals surface area (Å²) in [6.07, 6.45) is 4.17. The highest BCUT2D eigenvalue weighted by Crippen LogP contribution is 2.31. The zero-order valence-electron chi connectivity index (χ0n) is 16.2. The van der Waals surface area contributed by atoms with Gasteiger partial charge in [0, 0.05) is 43.3 Å². The first-order valence-electron chi connectivity index (χ1n) is 9.81. The van der Waals surface area contributed by atoms with Crippen molar-refractivity contribution in [1.29, 1.82) is 0 Å². The maximum absolute atomic E-state index is 13.0. The fraction of sp³-hybridized carbons (Fsp3) is 0.333. The van der Waals surface area contributed by atoms with Crippen LogP contribution in [0.4, 0.5) is 0 Å². The number of aryl methyl sites for hydroxylation is 1. The summed E-state index contributed by atoms with van der Waals surface area (Å²) in [4.78, 5) is 23.7. The van der Waals surface area contributed by atoms with Crippen molar-refractivity contribution in [2.45, 2.75) is 25.8 Å². The number of benzene rings is 1. The summed E-state index contributed by atoms with van der Waals surface area (Å²) in [5.41, 5.74) is 10.00. The number of carbonyl (C=O) groups is 1. The second kappa shape index (κ2) is 6.97. The molecule has 1 amide bonds. The van der Waals surface area contributed by atoms with E-state index < -0.39 is 0 Å². The van der Waals surface area contributed by atoms with E-state index in [-0.39, 0.29) is 11.8 Å². The summed E-state index contributed by atoms with van der Waals surface area (Å²) in [6.45, 7) is 4.33. The summed E-state index contributed by atoms with van der Waals surface area (Å²) < 4.78 is 7.61. The topological polar surface area (TPSA) is 103 Å². The average Bonchev–Trinajstić information content (AvgIpc) is 3.44. The van der Waals surface area contributed by atoms with Crippen LogP contribution < -0.4 is 5.73 Å². The Morgan fingerprint density at radius 3 is 3.00 bits per heavy atom. The van der Waals surface area contributed by atoms with E-state index in [0.29, 0.717) is 31.9 Å². The standard InChI is InChI=1S/C21H22N6O2/c1-13-2-3-16-15(10-13)11-17(29-16)21(28)26-8-4-14(12-26)18-19-20(24-7-6-23-19)27(25-18)9-5-22/h2-3,6-7,10-11,14H,4-5,8-9,12,22H2,1H3/t14-/m1/s1. The van der Waals surface area contributed by atoms with Crippen molar-refractivity contribution < 1.29 is 9.21 Å². The highest BCUT2D eigenvalue weighted by atomic mass is 16.3. The normalized spacial score (nSPS) is 16.9. The molecule has 148 valence electrons. The van der Waals surface area contributed by atoms with Crippen molar-refractivity contribution in [3.63, 3.8) is 0 Å². The second-order valence-electron chi connectivity index (χ2n) is 7.51. The summed E-state index contributed by atoms with van der Waals surface area (Å²) in [6, 6.07) is 7.74. The molecule has 8 heteroatoms. The van der Waals surface area contributed by atoms with Gasteiger partial charge in [-0.15, -0.1) is 0 Å². The lowest BCUT2D eigenvalue weighted by atomic mass is 10.0. The van der Waals surface area contributed by atoms with E-state index in [2.05, 4.69) is 9.97 Å². The molecule has 0 spiro atoms. The molecule has 1 atom stereocenters. The number of hydrogen-bond acceptors (Lipinski definition) is 6. The van der Waals surface area contributed by atoms with Crippen LogP contribution in [0.25, 0.3) is 22.1 Å². The molecule has 4 heterocycles. The monoisotopic (exact) mass is 390 g/mol. The fourth-order valence-corrected chi connectivity index (χ4v) is 4.07. The third kappa shape index (κ3) is 3.05. The first-order valence-corrected chi connectivity index (χ1v) is 9.81. The number of likely N-dealkylation sites (tertiary alicyclic amines) is 1. The highest BCUT2D eigenvalue weighted by molar-refractivity contribution is 5.96. The maximum Gasteiger partial charge on any atom is 0.289 e. The molecule has 1 fully saturated rings. The lowest BCUT2D eigenvalue weighted by molar-refractivity contribution is 0.0761. The minimum atomic E-state index is -0.0851. The zero-order valence-corrected chi connectivity index (χ0v) is 16.2. The molecule has 0 bridgehead atoms. The van der Waals surface area contributed by atoms with Crippen molar-refractivity contribution in [2.24, 2.45) is 5.73 Å². The van der Waals surface area contributed by atoms with Crippen LogP contribution in [0.2, 0.25) is 0 Å². The van der Waals surface area contributed by atoms with Gasteiger partial charge in [0.15, 0.2) is 11.4 Å². The Kier molecular flexibility index (Phi) is 4.28. The molecule has 1 saturated heterocycles. The van der Waals surface area contributed by atoms with E-state index in [4.69, 9.17) is 15.2 Å². The molecule has 4 aromatic rings. The molecule has 8 nitrogen and oxygen atoms in total. The van der Waals surface area contributed by atoms with Crippen molar-refractivity contribution in [1.82, 2.24) is 24.6 Å². The lowest BCUT2D eigenvalue weighted by Crippen LogP contribution is -2.28. The van der Waals surface area contributed by atoms with Gasteiger partial charge in [0.25, 0.3) is 5.91 Å². The minimum Gasteiger partial charge on any atom is -0.451 e. The van der Waals surface area contributed by atoms with Gasteiger partial charge in [-0.2, -0.15) is 5.10 Å². The molecule has 0 unspecified atom stereocenters. The van der Waals surface area contributed by atoms with Gasteiger partial charge in [-0.3, -0.25) is 4.79 Å². The fourth-order valence-electron chi connectivity index (χ4n) is 4.07. The van der Waals surface area contributed by atoms with Crippen LogP contribution in [-0.4, -0.2) is 50.2 Å². The number of fused-ring (bicyclic) bond motifs is 2. The molecule has 3 aromatic heterocycles. The van der Waals surface area contributed by atoms with E-state index in [1.54, 1.807) is 12.4 Å². The summed E-state index contributed by atoms with van der Waals surface area (Å²) in [5.74, 6) is 0.409. The van der Waals surface area contributed by atoms with Gasteiger partial charge >= 0.3 is 0 Å². The van der Waals surface area contributed by atoms with E-state index in [9.17, 15) is 4.79 Å². The molecule has 0 radical (unpaired) electrons. The predicted octanol–water partition coefficient (Wildman–Crippen LogP) is 2.47. The maximum atomic E-state index is 13.0. The predicted molar refractivity (Wildman–Crippen MR) is 109 cm³/mol. The van der Waals surface area contributed by atoms with Crippen LogP contribution in [0.15, 0.2) is 41.1 Å². The van der Waals surface area contributed by atoms with Gasteiger partial charge in [0.05, 0.1) is 12.2 Å². The molecule has 1 aromatic carbocycles. The SMILES string of the molecule is Cc1ccc2oc(C(=O)N3CC[C@@H](c4nn(CCN)c5nccnc45)C3)cc2c1. The highest BCUT2D eigenvalue weighted by Gasteiger charge is 2.33. The summed E-state index contributed by atoms with van der Waals surface area (Å²) >= 11 is 0. The zero-order chi connectivity index (χ0) is 20.0. The van der Waals surface area contributed by atoms with Crippen molar-refractivity contribution >= 4 is 28.0 Å². The van der Waals surface area contributed by atoms with Gasteiger partial charge in [0.1, 0.15) is 11.1 Å². The Labute approximate surface area is 167 Å². The van der Waals surface area contributed by atoms with Crippen LogP contribution in [0.3, 0.4) is 0 Å². The Balaban J connectivity index is 1.41. The first-order chi connectivity index (χ1) is 14.1. The number of nitrogens with zero attached hydrogens (tertiary/aromatic N) is 5. The van der Waals surface area contributed by atoms with E-state index >= 15 is 0 Å². The molecule has 1 aliphatic rings. The quantitative estimate of drug-likeness (QED) is 0.574. The van der Waals surface area contributed by atoms with Crippen LogP contribution >= 0.6 is 0 Å². The number of aromatic nitrogens is 4. The lowest BCUT2D eigenvalue weighted by Gasteiger charge is -2.14. The van der Waals surface area contributed by atoms with Crippen LogP contribution in [0, 0.1) is 6.92 Å². The van der Waals surface area contributed by atoms with Gasteiger partial charge in [-0.25, -0.2) is 14.6 Å². The Morgan fingerprint density at radius 1 is 1.28 bits per heavy atom. The number of furan rings is 1. The Bertz CT molecular complexity index is 1210. The number of nitrogens with two attached hydrogens (primary N) is 1. The van der Waals surface area contributed by atoms with E-state index in [1.807, 2.05) is 40.8 Å². The van der Waals surface area contributed by atoms with Crippen molar-refractivity contribution in [3.8, 4) is 0 Å². The molecule has 0 saturated carbocycles. The van der Waals surface area contributed by atoms with Gasteiger partial charge in [0.2, 0.25) is 0 Å². The van der Waals surface area contributed by atoms with E-state index in [1.165, 1.54) is 0 Å². The molecular formula is C21H22N6O2. The number of carbonyl (C=O) groups excluding carboxylic acids is 1. The third-order valence-corrected chi connectivity index (χ3v) is 5.48. The summed E-state index contributed by atoms with van der Waals surface area (Å²) in [5, 5.41) is 5.67. The smallest absolute Gasteiger partial charge is 0.289 e.